The van der Waals surface area contributed by atoms with Crippen LogP contribution in [0.25, 0.3) is 0 Å². The number of nitrogens with one attached hydrogen (secondary N) is 2. The highest BCUT2D eigenvalue weighted by molar-refractivity contribution is 5.90. The molecule has 0 spiro atoms. The van der Waals surface area contributed by atoms with E-state index in [1.807, 2.05) is 6.92 Å². The molecule has 20 heavy (non-hydrogen) atoms. The van der Waals surface area contributed by atoms with Crippen LogP contribution in [-0.4, -0.2) is 53.1 Å². The van der Waals surface area contributed by atoms with E-state index in [0.717, 1.165) is 12.8 Å². The van der Waals surface area contributed by atoms with E-state index in [2.05, 4.69) is 10.6 Å². The fourth-order valence-corrected chi connectivity index (χ4v) is 2.01. The number of rotatable bonds is 6. The van der Waals surface area contributed by atoms with Gasteiger partial charge in [0.05, 0.1) is 0 Å². The smallest absolute Gasteiger partial charge is 0.329 e. The Labute approximate surface area is 118 Å². The van der Waals surface area contributed by atoms with Gasteiger partial charge in [-0.05, 0) is 39.5 Å². The Hall–Kier alpha value is -1.79. The van der Waals surface area contributed by atoms with Gasteiger partial charge in [0.2, 0.25) is 5.91 Å². The first kappa shape index (κ1) is 16.3. The third-order valence-corrected chi connectivity index (χ3v) is 3.78. The lowest BCUT2D eigenvalue weighted by molar-refractivity contribution is -0.144. The first-order valence-electron chi connectivity index (χ1n) is 6.79. The zero-order valence-corrected chi connectivity index (χ0v) is 12.4. The first-order chi connectivity index (χ1) is 9.22. The topological polar surface area (TPSA) is 98.7 Å². The third kappa shape index (κ3) is 3.61. The van der Waals surface area contributed by atoms with Gasteiger partial charge >= 0.3 is 12.0 Å². The molecular formula is C13H23N3O4. The summed E-state index contributed by atoms with van der Waals surface area (Å²) in [4.78, 5) is 36.5. The number of carboxylic acids is 1. The molecule has 114 valence electrons. The Morgan fingerprint density at radius 1 is 1.40 bits per heavy atom. The van der Waals surface area contributed by atoms with E-state index in [9.17, 15) is 19.5 Å². The number of hydrogen-bond donors (Lipinski definition) is 3. The minimum absolute atomic E-state index is 0.0462. The average molecular weight is 285 g/mol. The zero-order valence-electron chi connectivity index (χ0n) is 12.4. The molecule has 0 aromatic rings. The quantitative estimate of drug-likeness (QED) is 0.658. The van der Waals surface area contributed by atoms with Crippen molar-refractivity contribution < 1.29 is 19.5 Å². The number of amides is 3. The minimum atomic E-state index is -1.27. The molecule has 1 aliphatic carbocycles. The summed E-state index contributed by atoms with van der Waals surface area (Å²) in [5, 5.41) is 14.2. The van der Waals surface area contributed by atoms with E-state index < -0.39 is 23.6 Å². The molecular weight excluding hydrogens is 262 g/mol. The van der Waals surface area contributed by atoms with Gasteiger partial charge in [-0.25, -0.2) is 9.59 Å². The van der Waals surface area contributed by atoms with Crippen molar-refractivity contribution in [2.75, 3.05) is 13.6 Å². The van der Waals surface area contributed by atoms with Gasteiger partial charge < -0.3 is 20.6 Å². The number of carbonyl (C=O) groups excluding carboxylic acids is 2. The van der Waals surface area contributed by atoms with Crippen molar-refractivity contribution in [2.45, 2.75) is 45.2 Å². The molecule has 1 aliphatic rings. The van der Waals surface area contributed by atoms with Crippen LogP contribution < -0.4 is 10.6 Å². The minimum Gasteiger partial charge on any atom is -0.480 e. The Morgan fingerprint density at radius 2 is 1.95 bits per heavy atom. The summed E-state index contributed by atoms with van der Waals surface area (Å²) in [7, 11) is 1.64. The molecule has 2 atom stereocenters. The molecule has 3 N–H and O–H groups in total. The normalized spacial score (nSPS) is 18.6. The molecule has 0 radical (unpaired) electrons. The predicted molar refractivity (Wildman–Crippen MR) is 73.2 cm³/mol. The van der Waals surface area contributed by atoms with E-state index in [-0.39, 0.29) is 11.8 Å². The lowest BCUT2D eigenvalue weighted by Gasteiger charge is -2.27. The van der Waals surface area contributed by atoms with Crippen LogP contribution in [0.15, 0.2) is 0 Å². The second-order valence-corrected chi connectivity index (χ2v) is 5.45. The molecule has 3 amide bonds. The first-order valence-corrected chi connectivity index (χ1v) is 6.79. The fourth-order valence-electron chi connectivity index (χ4n) is 2.01. The van der Waals surface area contributed by atoms with Crippen LogP contribution in [0.5, 0.6) is 0 Å². The maximum atomic E-state index is 11.9. The molecule has 1 saturated carbocycles. The lowest BCUT2D eigenvalue weighted by Crippen LogP contribution is -2.59. The van der Waals surface area contributed by atoms with Crippen LogP contribution in [0.3, 0.4) is 0 Å². The van der Waals surface area contributed by atoms with E-state index in [0.29, 0.717) is 6.54 Å². The van der Waals surface area contributed by atoms with Crippen molar-refractivity contribution in [3.63, 3.8) is 0 Å². The Balaban J connectivity index is 2.58. The fraction of sp³-hybridized carbons (Fsp3) is 0.769. The summed E-state index contributed by atoms with van der Waals surface area (Å²) < 4.78 is 0. The molecule has 0 aromatic carbocycles. The van der Waals surface area contributed by atoms with Crippen molar-refractivity contribution in [1.29, 1.82) is 0 Å². The molecule has 1 rings (SSSR count). The number of hydrogen-bond acceptors (Lipinski definition) is 3. The number of carbonyl (C=O) groups is 3. The van der Waals surface area contributed by atoms with E-state index >= 15 is 0 Å². The molecule has 7 heteroatoms. The van der Waals surface area contributed by atoms with Crippen molar-refractivity contribution in [3.8, 4) is 0 Å². The number of carboxylic acid groups (broad SMARTS) is 1. The molecule has 0 bridgehead atoms. The maximum absolute atomic E-state index is 11.9. The van der Waals surface area contributed by atoms with Gasteiger partial charge in [0, 0.05) is 13.6 Å². The molecule has 2 unspecified atom stereocenters. The molecule has 0 heterocycles. The molecule has 0 aromatic heterocycles. The zero-order chi connectivity index (χ0) is 15.5. The summed E-state index contributed by atoms with van der Waals surface area (Å²) in [6, 6.07) is -1.33. The molecule has 7 nitrogen and oxygen atoms in total. The summed E-state index contributed by atoms with van der Waals surface area (Å²) >= 11 is 0. The van der Waals surface area contributed by atoms with E-state index in [1.165, 1.54) is 11.8 Å². The largest absolute Gasteiger partial charge is 0.480 e. The van der Waals surface area contributed by atoms with Gasteiger partial charge in [-0.2, -0.15) is 0 Å². The summed E-state index contributed by atoms with van der Waals surface area (Å²) in [6.45, 7) is 5.45. The number of nitrogens with zero attached hydrogens (tertiary/aromatic N) is 1. The standard InChI is InChI=1S/C13H23N3O4/c1-5-16(4)10(17)8(2)14-12(20)15-13(3,11(18)19)9-6-7-9/h8-9H,5-7H2,1-4H3,(H,18,19)(H2,14,15,20). The van der Waals surface area contributed by atoms with Crippen LogP contribution in [0, 0.1) is 5.92 Å². The van der Waals surface area contributed by atoms with Crippen LogP contribution in [0.4, 0.5) is 4.79 Å². The monoisotopic (exact) mass is 285 g/mol. The number of urea groups is 1. The Kier molecular flexibility index (Phi) is 4.97. The third-order valence-electron chi connectivity index (χ3n) is 3.78. The van der Waals surface area contributed by atoms with Crippen LogP contribution in [-0.2, 0) is 9.59 Å². The maximum Gasteiger partial charge on any atom is 0.329 e. The molecule has 0 aliphatic heterocycles. The van der Waals surface area contributed by atoms with Crippen molar-refractivity contribution in [2.24, 2.45) is 5.92 Å². The van der Waals surface area contributed by atoms with E-state index in [4.69, 9.17) is 0 Å². The van der Waals surface area contributed by atoms with Gasteiger partial charge in [-0.1, -0.05) is 0 Å². The van der Waals surface area contributed by atoms with Gasteiger partial charge in [-0.15, -0.1) is 0 Å². The summed E-state index contributed by atoms with van der Waals surface area (Å²) in [5.74, 6) is -1.32. The van der Waals surface area contributed by atoms with Gasteiger partial charge in [0.1, 0.15) is 11.6 Å². The van der Waals surface area contributed by atoms with Crippen molar-refractivity contribution in [1.82, 2.24) is 15.5 Å². The number of likely N-dealkylation sites (N-methyl/N-ethyl adjacent to an activating group) is 1. The molecule has 0 saturated heterocycles. The van der Waals surface area contributed by atoms with Crippen molar-refractivity contribution >= 4 is 17.9 Å². The molecule has 1 fully saturated rings. The highest BCUT2D eigenvalue weighted by atomic mass is 16.4. The van der Waals surface area contributed by atoms with Crippen LogP contribution in [0.1, 0.15) is 33.6 Å². The summed E-state index contributed by atoms with van der Waals surface area (Å²) in [5.41, 5.74) is -1.27. The SMILES string of the molecule is CCN(C)C(=O)C(C)NC(=O)NC(C)(C(=O)O)C1CC1. The second-order valence-electron chi connectivity index (χ2n) is 5.45. The van der Waals surface area contributed by atoms with Crippen LogP contribution in [0.2, 0.25) is 0 Å². The van der Waals surface area contributed by atoms with Crippen molar-refractivity contribution in [3.05, 3.63) is 0 Å². The summed E-state index contributed by atoms with van der Waals surface area (Å²) in [6.07, 6.45) is 1.58. The highest BCUT2D eigenvalue weighted by Crippen LogP contribution is 2.39. The Morgan fingerprint density at radius 3 is 2.35 bits per heavy atom. The Bertz CT molecular complexity index is 408. The van der Waals surface area contributed by atoms with Gasteiger partial charge in [-0.3, -0.25) is 4.79 Å². The van der Waals surface area contributed by atoms with E-state index in [1.54, 1.807) is 14.0 Å². The van der Waals surface area contributed by atoms with Gasteiger partial charge in [0.15, 0.2) is 0 Å². The van der Waals surface area contributed by atoms with Gasteiger partial charge in [0.25, 0.3) is 0 Å². The number of aliphatic carboxylic acids is 1. The predicted octanol–water partition coefficient (Wildman–Crippen LogP) is 0.406. The van der Waals surface area contributed by atoms with Crippen LogP contribution >= 0.6 is 0 Å². The average Bonchev–Trinajstić information content (AvgIpc) is 3.20. The lowest BCUT2D eigenvalue weighted by atomic mass is 9.96. The highest BCUT2D eigenvalue weighted by Gasteiger charge is 2.48. The second kappa shape index (κ2) is 6.11.